The largest absolute Gasteiger partial charge is 0.235 e. The molecular formula is C9H10N2O2. The number of aliphatic imine (C=N–C) groups is 2. The van der Waals surface area contributed by atoms with Crippen molar-refractivity contribution in [3.63, 3.8) is 0 Å². The molecule has 0 aromatic rings. The highest BCUT2D eigenvalue weighted by molar-refractivity contribution is 5.37. The minimum atomic E-state index is -0.239. The molecule has 3 atom stereocenters. The smallest absolute Gasteiger partial charge is 0.211 e. The molecule has 0 N–H and O–H groups in total. The number of carbonyl (C=O) groups excluding carboxylic acids is 2. The molecule has 4 heteroatoms. The van der Waals surface area contributed by atoms with Gasteiger partial charge in [0.05, 0.1) is 11.6 Å². The van der Waals surface area contributed by atoms with Crippen molar-refractivity contribution in [3.05, 3.63) is 0 Å². The lowest BCUT2D eigenvalue weighted by Gasteiger charge is -2.21. The summed E-state index contributed by atoms with van der Waals surface area (Å²) in [5.74, 6) is 0.429. The van der Waals surface area contributed by atoms with Crippen LogP contribution in [0.4, 0.5) is 0 Å². The van der Waals surface area contributed by atoms with E-state index in [1.807, 2.05) is 0 Å². The molecule has 2 bridgehead atoms. The van der Waals surface area contributed by atoms with E-state index in [-0.39, 0.29) is 11.6 Å². The molecule has 2 aliphatic rings. The van der Waals surface area contributed by atoms with Gasteiger partial charge in [-0.3, -0.25) is 0 Å². The first-order chi connectivity index (χ1) is 6.29. The molecule has 2 aliphatic carbocycles. The monoisotopic (exact) mass is 178 g/mol. The molecule has 3 unspecified atom stereocenters. The first kappa shape index (κ1) is 8.36. The van der Waals surface area contributed by atoms with Crippen LogP contribution in [0.5, 0.6) is 0 Å². The number of hydrogen-bond acceptors (Lipinski definition) is 4. The molecule has 0 saturated heterocycles. The molecule has 0 spiro atoms. The molecule has 0 aromatic heterocycles. The lowest BCUT2D eigenvalue weighted by Crippen LogP contribution is -2.24. The Labute approximate surface area is 75.8 Å². The van der Waals surface area contributed by atoms with Crippen LogP contribution in [0.25, 0.3) is 0 Å². The summed E-state index contributed by atoms with van der Waals surface area (Å²) in [6.07, 6.45) is 6.78. The third-order valence-corrected chi connectivity index (χ3v) is 3.26. The lowest BCUT2D eigenvalue weighted by atomic mass is 9.91. The van der Waals surface area contributed by atoms with Crippen LogP contribution >= 0.6 is 0 Å². The van der Waals surface area contributed by atoms with Crippen LogP contribution in [0, 0.1) is 5.92 Å². The third-order valence-electron chi connectivity index (χ3n) is 3.26. The number of rotatable bonds is 2. The molecule has 0 aliphatic heterocycles. The van der Waals surface area contributed by atoms with E-state index in [0.29, 0.717) is 5.92 Å². The van der Waals surface area contributed by atoms with Crippen LogP contribution in [0.3, 0.4) is 0 Å². The fourth-order valence-corrected chi connectivity index (χ4v) is 2.68. The second-order valence-corrected chi connectivity index (χ2v) is 3.92. The van der Waals surface area contributed by atoms with Gasteiger partial charge in [0, 0.05) is 0 Å². The summed E-state index contributed by atoms with van der Waals surface area (Å²) in [6.45, 7) is 0. The standard InChI is InChI=1S/C9H10N2O2/c12-5-10-8-4-9(11-6-13)2-1-7(8)3-9/h7-8H,1-4H2. The molecule has 13 heavy (non-hydrogen) atoms. The highest BCUT2D eigenvalue weighted by atomic mass is 16.1. The molecule has 0 aromatic carbocycles. The van der Waals surface area contributed by atoms with Gasteiger partial charge in [-0.15, -0.1) is 0 Å². The average molecular weight is 178 g/mol. The Morgan fingerprint density at radius 2 is 2.08 bits per heavy atom. The number of nitrogens with zero attached hydrogens (tertiary/aromatic N) is 2. The third kappa shape index (κ3) is 1.24. The predicted octanol–water partition coefficient (Wildman–Crippen LogP) is 0.969. The van der Waals surface area contributed by atoms with Gasteiger partial charge >= 0.3 is 0 Å². The zero-order valence-corrected chi connectivity index (χ0v) is 7.19. The van der Waals surface area contributed by atoms with Gasteiger partial charge in [0.25, 0.3) is 0 Å². The van der Waals surface area contributed by atoms with Crippen molar-refractivity contribution in [2.45, 2.75) is 37.3 Å². The fraction of sp³-hybridized carbons (Fsp3) is 0.778. The van der Waals surface area contributed by atoms with Crippen molar-refractivity contribution in [2.24, 2.45) is 15.9 Å². The van der Waals surface area contributed by atoms with E-state index in [1.54, 1.807) is 12.2 Å². The van der Waals surface area contributed by atoms with Crippen LogP contribution in [-0.4, -0.2) is 23.7 Å². The van der Waals surface area contributed by atoms with Crippen molar-refractivity contribution in [2.75, 3.05) is 0 Å². The summed E-state index contributed by atoms with van der Waals surface area (Å²) >= 11 is 0. The molecule has 2 saturated carbocycles. The predicted molar refractivity (Wildman–Crippen MR) is 44.7 cm³/mol. The molecular weight excluding hydrogens is 168 g/mol. The van der Waals surface area contributed by atoms with Crippen molar-refractivity contribution >= 4 is 12.2 Å². The summed E-state index contributed by atoms with van der Waals surface area (Å²) in [6, 6.07) is 0.0448. The van der Waals surface area contributed by atoms with Gasteiger partial charge < -0.3 is 0 Å². The summed E-state index contributed by atoms with van der Waals surface area (Å²) in [4.78, 5) is 27.9. The van der Waals surface area contributed by atoms with E-state index in [0.717, 1.165) is 25.7 Å². The Morgan fingerprint density at radius 3 is 2.77 bits per heavy atom. The highest BCUT2D eigenvalue weighted by Gasteiger charge is 2.51. The van der Waals surface area contributed by atoms with Gasteiger partial charge in [0.15, 0.2) is 0 Å². The van der Waals surface area contributed by atoms with Crippen molar-refractivity contribution in [3.8, 4) is 0 Å². The van der Waals surface area contributed by atoms with Crippen LogP contribution < -0.4 is 0 Å². The fourth-order valence-electron chi connectivity index (χ4n) is 2.68. The first-order valence-corrected chi connectivity index (χ1v) is 4.46. The molecule has 0 heterocycles. The first-order valence-electron chi connectivity index (χ1n) is 4.46. The Morgan fingerprint density at radius 1 is 1.23 bits per heavy atom. The second kappa shape index (κ2) is 2.91. The number of isocyanates is 2. The number of fused-ring (bicyclic) bond motifs is 2. The summed E-state index contributed by atoms with van der Waals surface area (Å²) in [7, 11) is 0. The Kier molecular flexibility index (Phi) is 1.87. The normalized spacial score (nSPS) is 40.9. The Hall–Kier alpha value is -1.24. The van der Waals surface area contributed by atoms with Crippen molar-refractivity contribution < 1.29 is 9.59 Å². The van der Waals surface area contributed by atoms with Crippen LogP contribution in [0.2, 0.25) is 0 Å². The molecule has 2 rings (SSSR count). The van der Waals surface area contributed by atoms with E-state index < -0.39 is 0 Å². The van der Waals surface area contributed by atoms with E-state index in [9.17, 15) is 9.59 Å². The summed E-state index contributed by atoms with van der Waals surface area (Å²) in [5.41, 5.74) is -0.239. The van der Waals surface area contributed by atoms with E-state index in [2.05, 4.69) is 9.98 Å². The van der Waals surface area contributed by atoms with Crippen molar-refractivity contribution in [1.29, 1.82) is 0 Å². The van der Waals surface area contributed by atoms with E-state index in [1.165, 1.54) is 0 Å². The van der Waals surface area contributed by atoms with Crippen molar-refractivity contribution in [1.82, 2.24) is 0 Å². The lowest BCUT2D eigenvalue weighted by molar-refractivity contribution is 0.380. The second-order valence-electron chi connectivity index (χ2n) is 3.92. The maximum atomic E-state index is 10.2. The SMILES string of the molecule is O=C=NC1CC2(N=C=O)CCC1C2. The Balaban J connectivity index is 2.21. The Bertz CT molecular complexity index is 316. The van der Waals surface area contributed by atoms with Gasteiger partial charge in [-0.1, -0.05) is 0 Å². The van der Waals surface area contributed by atoms with Crippen LogP contribution in [0.1, 0.15) is 25.7 Å². The van der Waals surface area contributed by atoms with E-state index in [4.69, 9.17) is 0 Å². The maximum Gasteiger partial charge on any atom is 0.235 e. The zero-order chi connectivity index (χ0) is 9.31. The molecule has 0 amide bonds. The van der Waals surface area contributed by atoms with Gasteiger partial charge in [-0.25, -0.2) is 14.6 Å². The maximum absolute atomic E-state index is 10.2. The topological polar surface area (TPSA) is 58.9 Å². The van der Waals surface area contributed by atoms with Gasteiger partial charge in [0.2, 0.25) is 12.2 Å². The van der Waals surface area contributed by atoms with Crippen LogP contribution in [0.15, 0.2) is 9.98 Å². The molecule has 2 fully saturated rings. The summed E-state index contributed by atoms with van der Waals surface area (Å²) in [5, 5.41) is 0. The summed E-state index contributed by atoms with van der Waals surface area (Å²) < 4.78 is 0. The quantitative estimate of drug-likeness (QED) is 0.467. The molecule has 4 nitrogen and oxygen atoms in total. The highest BCUT2D eigenvalue weighted by Crippen LogP contribution is 2.51. The number of hydrogen-bond donors (Lipinski definition) is 0. The van der Waals surface area contributed by atoms with Crippen LogP contribution in [-0.2, 0) is 9.59 Å². The van der Waals surface area contributed by atoms with Gasteiger partial charge in [0.1, 0.15) is 0 Å². The average Bonchev–Trinajstić information content (AvgIpc) is 2.62. The molecule has 68 valence electrons. The zero-order valence-electron chi connectivity index (χ0n) is 7.19. The van der Waals surface area contributed by atoms with Gasteiger partial charge in [-0.2, -0.15) is 4.99 Å². The minimum Gasteiger partial charge on any atom is -0.211 e. The van der Waals surface area contributed by atoms with E-state index >= 15 is 0 Å². The minimum absolute atomic E-state index is 0.0448. The van der Waals surface area contributed by atoms with Gasteiger partial charge in [-0.05, 0) is 31.6 Å². The molecule has 0 radical (unpaired) electrons.